The van der Waals surface area contributed by atoms with Crippen LogP contribution in [0.3, 0.4) is 0 Å². The normalized spacial score (nSPS) is 15.6. The molecule has 1 aromatic carbocycles. The molecule has 0 bridgehead atoms. The highest BCUT2D eigenvalue weighted by Gasteiger charge is 2.27. The molecule has 2 N–H and O–H groups in total. The van der Waals surface area contributed by atoms with Crippen molar-refractivity contribution in [3.63, 3.8) is 0 Å². The lowest BCUT2D eigenvalue weighted by Gasteiger charge is -2.16. The maximum absolute atomic E-state index is 12.4. The first-order chi connectivity index (χ1) is 13.0. The molecule has 1 atom stereocenters. The van der Waals surface area contributed by atoms with Gasteiger partial charge in [-0.3, -0.25) is 10.1 Å². The Morgan fingerprint density at radius 1 is 1.26 bits per heavy atom. The van der Waals surface area contributed by atoms with Crippen molar-refractivity contribution in [1.82, 2.24) is 10.6 Å². The Kier molecular flexibility index (Phi) is 4.57. The fourth-order valence-corrected chi connectivity index (χ4v) is 3.82. The molecule has 0 spiro atoms. The largest absolute Gasteiger partial charge is 0.488 e. The molecule has 8 heteroatoms. The van der Waals surface area contributed by atoms with Crippen LogP contribution in [0.1, 0.15) is 35.0 Å². The maximum atomic E-state index is 12.4. The van der Waals surface area contributed by atoms with Crippen LogP contribution in [0.5, 0.6) is 5.75 Å². The molecular weight excluding hydrogens is 368 g/mol. The molecule has 27 heavy (non-hydrogen) atoms. The number of hydrogen-bond donors (Lipinski definition) is 2. The third-order valence-corrected chi connectivity index (χ3v) is 5.52. The molecule has 0 saturated heterocycles. The Labute approximate surface area is 159 Å². The van der Waals surface area contributed by atoms with Gasteiger partial charge in [-0.2, -0.15) is 0 Å². The smallest absolute Gasteiger partial charge is 0.349 e. The number of urea groups is 1. The second-order valence-corrected chi connectivity index (χ2v) is 7.59. The lowest BCUT2D eigenvalue weighted by molar-refractivity contribution is -0.127. The Hall–Kier alpha value is -2.87. The molecular formula is C19H18N2O5S. The quantitative estimate of drug-likeness (QED) is 0.788. The van der Waals surface area contributed by atoms with Gasteiger partial charge < -0.3 is 14.8 Å². The molecule has 2 aromatic rings. The van der Waals surface area contributed by atoms with Crippen molar-refractivity contribution >= 4 is 29.2 Å². The number of nitrogens with one attached hydrogen (secondary N) is 2. The van der Waals surface area contributed by atoms with Crippen LogP contribution in [0.25, 0.3) is 10.4 Å². The summed E-state index contributed by atoms with van der Waals surface area (Å²) in [4.78, 5) is 37.4. The van der Waals surface area contributed by atoms with Crippen molar-refractivity contribution in [1.29, 1.82) is 0 Å². The van der Waals surface area contributed by atoms with Gasteiger partial charge in [0.05, 0.1) is 0 Å². The van der Waals surface area contributed by atoms with Gasteiger partial charge >= 0.3 is 12.0 Å². The van der Waals surface area contributed by atoms with E-state index in [0.717, 1.165) is 34.6 Å². The third-order valence-electron chi connectivity index (χ3n) is 4.33. The molecule has 1 saturated carbocycles. The van der Waals surface area contributed by atoms with Gasteiger partial charge in [-0.1, -0.05) is 12.1 Å². The predicted molar refractivity (Wildman–Crippen MR) is 98.7 cm³/mol. The number of imide groups is 1. The molecule has 3 amide bonds. The average molecular weight is 386 g/mol. The number of fused-ring (bicyclic) bond motifs is 3. The minimum atomic E-state index is -1.08. The highest BCUT2D eigenvalue weighted by molar-refractivity contribution is 7.17. The summed E-state index contributed by atoms with van der Waals surface area (Å²) in [6.07, 6.45) is 0.759. The number of rotatable bonds is 4. The fraction of sp³-hybridized carbons (Fsp3) is 0.316. The predicted octanol–water partition coefficient (Wildman–Crippen LogP) is 2.84. The number of carbonyl (C=O) groups excluding carboxylic acids is 3. The number of amides is 3. The van der Waals surface area contributed by atoms with Gasteiger partial charge in [0.2, 0.25) is 0 Å². The minimum Gasteiger partial charge on any atom is -0.488 e. The zero-order chi connectivity index (χ0) is 19.0. The number of thiophene rings is 1. The highest BCUT2D eigenvalue weighted by atomic mass is 32.1. The zero-order valence-electron chi connectivity index (χ0n) is 14.6. The van der Waals surface area contributed by atoms with E-state index in [1.807, 2.05) is 24.3 Å². The molecule has 2 aliphatic rings. The molecule has 0 radical (unpaired) electrons. The van der Waals surface area contributed by atoms with E-state index in [9.17, 15) is 14.4 Å². The average Bonchev–Trinajstić information content (AvgIpc) is 3.34. The molecule has 1 aliphatic heterocycles. The van der Waals surface area contributed by atoms with E-state index in [1.165, 1.54) is 18.3 Å². The van der Waals surface area contributed by atoms with Gasteiger partial charge in [0.25, 0.3) is 5.91 Å². The first-order valence-electron chi connectivity index (χ1n) is 8.68. The lowest BCUT2D eigenvalue weighted by atomic mass is 10.1. The molecule has 1 fully saturated rings. The van der Waals surface area contributed by atoms with Crippen LogP contribution in [-0.4, -0.2) is 30.1 Å². The van der Waals surface area contributed by atoms with Gasteiger partial charge in [-0.05, 0) is 38.0 Å². The summed E-state index contributed by atoms with van der Waals surface area (Å²) in [5, 5.41) is 4.83. The van der Waals surface area contributed by atoms with E-state index in [0.29, 0.717) is 11.5 Å². The van der Waals surface area contributed by atoms with Crippen LogP contribution in [-0.2, 0) is 16.1 Å². The number of benzene rings is 1. The fourth-order valence-electron chi connectivity index (χ4n) is 2.73. The summed E-state index contributed by atoms with van der Waals surface area (Å²) in [7, 11) is 0. The van der Waals surface area contributed by atoms with Crippen LogP contribution in [0.2, 0.25) is 0 Å². The standard InChI is InChI=1S/C19H18N2O5S/c1-10(17(22)21-19(24)20-12-6-7-12)26-18(23)15-8-11-9-25-14-5-3-2-4-13(14)16(11)27-15/h2-5,8,10,12H,6-7,9H2,1H3,(H2,20,21,22,24). The van der Waals surface area contributed by atoms with Crippen molar-refractivity contribution in [2.24, 2.45) is 0 Å². The van der Waals surface area contributed by atoms with E-state index < -0.39 is 24.0 Å². The first kappa shape index (κ1) is 17.5. The van der Waals surface area contributed by atoms with Crippen LogP contribution < -0.4 is 15.4 Å². The highest BCUT2D eigenvalue weighted by Crippen LogP contribution is 2.42. The molecule has 7 nitrogen and oxygen atoms in total. The van der Waals surface area contributed by atoms with Gasteiger partial charge in [-0.15, -0.1) is 11.3 Å². The molecule has 140 valence electrons. The van der Waals surface area contributed by atoms with Crippen molar-refractivity contribution in [3.8, 4) is 16.2 Å². The van der Waals surface area contributed by atoms with Crippen molar-refractivity contribution in [2.45, 2.75) is 38.5 Å². The maximum Gasteiger partial charge on any atom is 0.349 e. The van der Waals surface area contributed by atoms with Crippen molar-refractivity contribution in [3.05, 3.63) is 40.8 Å². The topological polar surface area (TPSA) is 93.7 Å². The number of esters is 1. The van der Waals surface area contributed by atoms with Crippen molar-refractivity contribution in [2.75, 3.05) is 0 Å². The monoisotopic (exact) mass is 386 g/mol. The van der Waals surface area contributed by atoms with E-state index in [-0.39, 0.29) is 6.04 Å². The first-order valence-corrected chi connectivity index (χ1v) is 9.50. The second kappa shape index (κ2) is 7.03. The Balaban J connectivity index is 1.41. The summed E-state index contributed by atoms with van der Waals surface area (Å²) in [6, 6.07) is 8.93. The molecule has 1 aliphatic carbocycles. The summed E-state index contributed by atoms with van der Waals surface area (Å²) in [6.45, 7) is 1.82. The van der Waals surface area contributed by atoms with E-state index in [2.05, 4.69) is 10.6 Å². The van der Waals surface area contributed by atoms with Gasteiger partial charge in [0, 0.05) is 22.0 Å². The Bertz CT molecular complexity index is 919. The van der Waals surface area contributed by atoms with E-state index in [1.54, 1.807) is 6.07 Å². The number of para-hydroxylation sites is 1. The summed E-state index contributed by atoms with van der Waals surface area (Å²) in [5.74, 6) is -0.477. The zero-order valence-corrected chi connectivity index (χ0v) is 15.4. The number of ether oxygens (including phenoxy) is 2. The molecule has 1 unspecified atom stereocenters. The Morgan fingerprint density at radius 2 is 2.04 bits per heavy atom. The van der Waals surface area contributed by atoms with E-state index >= 15 is 0 Å². The van der Waals surface area contributed by atoms with Crippen LogP contribution in [0.4, 0.5) is 4.79 Å². The number of carbonyl (C=O) groups is 3. The van der Waals surface area contributed by atoms with E-state index in [4.69, 9.17) is 9.47 Å². The second-order valence-electron chi connectivity index (χ2n) is 6.53. The molecule has 2 heterocycles. The Morgan fingerprint density at radius 3 is 2.81 bits per heavy atom. The summed E-state index contributed by atoms with van der Waals surface area (Å²) < 4.78 is 10.9. The summed E-state index contributed by atoms with van der Waals surface area (Å²) in [5.41, 5.74) is 1.84. The van der Waals surface area contributed by atoms with Gasteiger partial charge in [-0.25, -0.2) is 9.59 Å². The van der Waals surface area contributed by atoms with Crippen molar-refractivity contribution < 1.29 is 23.9 Å². The van der Waals surface area contributed by atoms with Gasteiger partial charge in [0.1, 0.15) is 17.2 Å². The molecule has 1 aromatic heterocycles. The summed E-state index contributed by atoms with van der Waals surface area (Å²) >= 11 is 1.30. The minimum absolute atomic E-state index is 0.137. The number of hydrogen-bond acceptors (Lipinski definition) is 6. The van der Waals surface area contributed by atoms with Crippen LogP contribution in [0.15, 0.2) is 30.3 Å². The van der Waals surface area contributed by atoms with Gasteiger partial charge in [0.15, 0.2) is 6.10 Å². The molecule has 4 rings (SSSR count). The van der Waals surface area contributed by atoms with Crippen LogP contribution in [0, 0.1) is 0 Å². The SMILES string of the molecule is CC(OC(=O)c1cc2c(s1)-c1ccccc1OC2)C(=O)NC(=O)NC1CC1. The lowest BCUT2D eigenvalue weighted by Crippen LogP contribution is -2.45. The third kappa shape index (κ3) is 3.80. The van der Waals surface area contributed by atoms with Crippen LogP contribution >= 0.6 is 11.3 Å².